The van der Waals surface area contributed by atoms with Crippen molar-refractivity contribution in [3.05, 3.63) is 35.5 Å². The molecule has 0 aliphatic rings. The van der Waals surface area contributed by atoms with E-state index in [1.165, 1.54) is 24.6 Å². The van der Waals surface area contributed by atoms with E-state index < -0.39 is 0 Å². The Hall–Kier alpha value is -1.95. The molecule has 0 aromatic carbocycles. The van der Waals surface area contributed by atoms with Crippen LogP contribution in [0.15, 0.2) is 29.9 Å². The minimum atomic E-state index is -0.231. The number of carbonyl (C=O) groups is 1. The number of hydrogen-bond donors (Lipinski definition) is 1. The molecule has 0 saturated heterocycles. The molecule has 2 aromatic heterocycles. The average molecular weight is 235 g/mol. The van der Waals surface area contributed by atoms with Gasteiger partial charge in [0.25, 0.3) is 5.91 Å². The van der Waals surface area contributed by atoms with Crippen molar-refractivity contribution in [2.75, 3.05) is 12.4 Å². The molecule has 82 valence electrons. The molecule has 0 aliphatic carbocycles. The van der Waals surface area contributed by atoms with Crippen molar-refractivity contribution >= 4 is 22.4 Å². The number of thiazole rings is 1. The fraction of sp³-hybridized carbons (Fsp3) is 0.100. The molecule has 6 heteroatoms. The van der Waals surface area contributed by atoms with E-state index in [0.29, 0.717) is 16.6 Å². The van der Waals surface area contributed by atoms with Gasteiger partial charge in [0.05, 0.1) is 12.7 Å². The lowest BCUT2D eigenvalue weighted by Crippen LogP contribution is -2.11. The first kappa shape index (κ1) is 10.6. The Kier molecular flexibility index (Phi) is 3.11. The molecule has 5 nitrogen and oxygen atoms in total. The summed E-state index contributed by atoms with van der Waals surface area (Å²) in [6, 6.07) is 3.28. The first-order valence-electron chi connectivity index (χ1n) is 4.50. The van der Waals surface area contributed by atoms with Crippen LogP contribution in [0.1, 0.15) is 10.4 Å². The number of carbonyl (C=O) groups excluding carboxylic acids is 1. The number of pyridine rings is 1. The van der Waals surface area contributed by atoms with Crippen LogP contribution in [0, 0.1) is 0 Å². The number of nitrogens with zero attached hydrogens (tertiary/aromatic N) is 2. The second-order valence-electron chi connectivity index (χ2n) is 2.88. The van der Waals surface area contributed by atoms with Gasteiger partial charge < -0.3 is 4.74 Å². The van der Waals surface area contributed by atoms with E-state index in [1.54, 1.807) is 23.7 Å². The molecule has 2 rings (SSSR count). The maximum absolute atomic E-state index is 11.7. The third-order valence-electron chi connectivity index (χ3n) is 1.86. The Morgan fingerprint density at radius 1 is 1.44 bits per heavy atom. The van der Waals surface area contributed by atoms with Gasteiger partial charge in [-0.2, -0.15) is 0 Å². The molecule has 16 heavy (non-hydrogen) atoms. The van der Waals surface area contributed by atoms with E-state index in [2.05, 4.69) is 15.3 Å². The van der Waals surface area contributed by atoms with Crippen molar-refractivity contribution < 1.29 is 9.53 Å². The zero-order valence-electron chi connectivity index (χ0n) is 8.51. The largest absolute Gasteiger partial charge is 0.481 e. The number of aromatic nitrogens is 2. The molecule has 0 spiro atoms. The molecule has 0 aliphatic heterocycles. The Balaban J connectivity index is 2.09. The standard InChI is InChI=1S/C10H9N3O2S/c1-15-8-3-2-7(6-12-8)9(14)13-10-11-4-5-16-10/h2-6H,1H3,(H,11,13,14). The topological polar surface area (TPSA) is 64.1 Å². The van der Waals surface area contributed by atoms with Crippen LogP contribution in [-0.4, -0.2) is 23.0 Å². The van der Waals surface area contributed by atoms with Gasteiger partial charge in [-0.05, 0) is 6.07 Å². The highest BCUT2D eigenvalue weighted by atomic mass is 32.1. The summed E-state index contributed by atoms with van der Waals surface area (Å²) >= 11 is 1.37. The maximum atomic E-state index is 11.7. The zero-order chi connectivity index (χ0) is 11.4. The van der Waals surface area contributed by atoms with E-state index >= 15 is 0 Å². The van der Waals surface area contributed by atoms with E-state index in [0.717, 1.165) is 0 Å². The predicted molar refractivity (Wildman–Crippen MR) is 60.9 cm³/mol. The van der Waals surface area contributed by atoms with Crippen LogP contribution in [0.2, 0.25) is 0 Å². The minimum Gasteiger partial charge on any atom is -0.481 e. The van der Waals surface area contributed by atoms with Gasteiger partial charge in [-0.25, -0.2) is 9.97 Å². The highest BCUT2D eigenvalue weighted by Gasteiger charge is 2.07. The molecule has 0 fully saturated rings. The highest BCUT2D eigenvalue weighted by molar-refractivity contribution is 7.13. The van der Waals surface area contributed by atoms with Gasteiger partial charge in [0.1, 0.15) is 0 Å². The van der Waals surface area contributed by atoms with Crippen LogP contribution in [0.4, 0.5) is 5.13 Å². The van der Waals surface area contributed by atoms with Crippen molar-refractivity contribution in [1.29, 1.82) is 0 Å². The third kappa shape index (κ3) is 2.34. The lowest BCUT2D eigenvalue weighted by Gasteiger charge is -2.02. The molecule has 1 amide bonds. The Bertz CT molecular complexity index is 467. The molecule has 2 heterocycles. The fourth-order valence-corrected chi connectivity index (χ4v) is 1.61. The Morgan fingerprint density at radius 2 is 2.31 bits per heavy atom. The molecule has 0 saturated carbocycles. The summed E-state index contributed by atoms with van der Waals surface area (Å²) < 4.78 is 4.90. The smallest absolute Gasteiger partial charge is 0.259 e. The van der Waals surface area contributed by atoms with E-state index in [9.17, 15) is 4.79 Å². The molecule has 1 N–H and O–H groups in total. The molecule has 0 unspecified atom stereocenters. The normalized spacial score (nSPS) is 9.81. The lowest BCUT2D eigenvalue weighted by molar-refractivity contribution is 0.102. The van der Waals surface area contributed by atoms with Gasteiger partial charge >= 0.3 is 0 Å². The van der Waals surface area contributed by atoms with Crippen molar-refractivity contribution in [2.45, 2.75) is 0 Å². The summed E-state index contributed by atoms with van der Waals surface area (Å²) in [4.78, 5) is 19.6. The van der Waals surface area contributed by atoms with Crippen LogP contribution in [0.25, 0.3) is 0 Å². The van der Waals surface area contributed by atoms with Gasteiger partial charge in [0.2, 0.25) is 5.88 Å². The van der Waals surface area contributed by atoms with Crippen LogP contribution in [0.3, 0.4) is 0 Å². The van der Waals surface area contributed by atoms with Crippen molar-refractivity contribution in [3.8, 4) is 5.88 Å². The number of nitrogens with one attached hydrogen (secondary N) is 1. The number of amides is 1. The monoisotopic (exact) mass is 235 g/mol. The van der Waals surface area contributed by atoms with Crippen LogP contribution in [-0.2, 0) is 0 Å². The van der Waals surface area contributed by atoms with Gasteiger partial charge in [0, 0.05) is 23.8 Å². The fourth-order valence-electron chi connectivity index (χ4n) is 1.09. The Labute approximate surface area is 96.1 Å². The number of rotatable bonds is 3. The molecule has 0 atom stereocenters. The van der Waals surface area contributed by atoms with Gasteiger partial charge in [-0.1, -0.05) is 0 Å². The lowest BCUT2D eigenvalue weighted by atomic mass is 10.3. The number of methoxy groups -OCH3 is 1. The maximum Gasteiger partial charge on any atom is 0.259 e. The molecular formula is C10H9N3O2S. The summed E-state index contributed by atoms with van der Waals surface area (Å²) in [7, 11) is 1.53. The predicted octanol–water partition coefficient (Wildman–Crippen LogP) is 1.80. The summed E-state index contributed by atoms with van der Waals surface area (Å²) in [5.74, 6) is 0.246. The second kappa shape index (κ2) is 4.71. The van der Waals surface area contributed by atoms with Gasteiger partial charge in [-0.15, -0.1) is 11.3 Å². The van der Waals surface area contributed by atoms with Crippen LogP contribution in [0.5, 0.6) is 5.88 Å². The van der Waals surface area contributed by atoms with Crippen LogP contribution < -0.4 is 10.1 Å². The summed E-state index contributed by atoms with van der Waals surface area (Å²) in [6.07, 6.45) is 3.09. The third-order valence-corrected chi connectivity index (χ3v) is 2.55. The summed E-state index contributed by atoms with van der Waals surface area (Å²) in [5.41, 5.74) is 0.469. The molecule has 2 aromatic rings. The number of ether oxygens (including phenoxy) is 1. The van der Waals surface area contributed by atoms with Crippen molar-refractivity contribution in [3.63, 3.8) is 0 Å². The first-order chi connectivity index (χ1) is 7.79. The molecule has 0 radical (unpaired) electrons. The summed E-state index contributed by atoms with van der Waals surface area (Å²) in [5, 5.41) is 5.03. The number of hydrogen-bond acceptors (Lipinski definition) is 5. The molecule has 0 bridgehead atoms. The SMILES string of the molecule is COc1ccc(C(=O)Nc2nccs2)cn1. The first-order valence-corrected chi connectivity index (χ1v) is 5.38. The highest BCUT2D eigenvalue weighted by Crippen LogP contribution is 2.13. The average Bonchev–Trinajstić information content (AvgIpc) is 2.82. The molecular weight excluding hydrogens is 226 g/mol. The van der Waals surface area contributed by atoms with E-state index in [1.807, 2.05) is 0 Å². The van der Waals surface area contributed by atoms with Crippen molar-refractivity contribution in [1.82, 2.24) is 9.97 Å². The van der Waals surface area contributed by atoms with Gasteiger partial charge in [0.15, 0.2) is 5.13 Å². The number of anilines is 1. The second-order valence-corrected chi connectivity index (χ2v) is 3.78. The Morgan fingerprint density at radius 3 is 2.88 bits per heavy atom. The van der Waals surface area contributed by atoms with Gasteiger partial charge in [-0.3, -0.25) is 10.1 Å². The summed E-state index contributed by atoms with van der Waals surface area (Å²) in [6.45, 7) is 0. The van der Waals surface area contributed by atoms with Crippen molar-refractivity contribution in [2.24, 2.45) is 0 Å². The van der Waals surface area contributed by atoms with Crippen LogP contribution >= 0.6 is 11.3 Å². The quantitative estimate of drug-likeness (QED) is 0.881. The zero-order valence-corrected chi connectivity index (χ0v) is 9.32. The van der Waals surface area contributed by atoms with E-state index in [-0.39, 0.29) is 5.91 Å². The minimum absolute atomic E-state index is 0.231. The van der Waals surface area contributed by atoms with E-state index in [4.69, 9.17) is 4.74 Å².